The molecule has 1 atom stereocenters. The molecular formula is C22H18ClF3N2O4S. The lowest BCUT2D eigenvalue weighted by atomic mass is 10.1. The minimum Gasteiger partial charge on any atom is -0.406 e. The molecule has 3 rings (SSSR count). The molecule has 2 amide bonds. The van der Waals surface area contributed by atoms with Crippen LogP contribution in [0, 0.1) is 6.92 Å². The Labute approximate surface area is 196 Å². The van der Waals surface area contributed by atoms with Crippen molar-refractivity contribution in [2.75, 3.05) is 11.9 Å². The number of anilines is 1. The lowest BCUT2D eigenvalue weighted by molar-refractivity contribution is -0.274. The minimum atomic E-state index is -4.81. The van der Waals surface area contributed by atoms with Gasteiger partial charge in [-0.25, -0.2) is 0 Å². The lowest BCUT2D eigenvalue weighted by Gasteiger charge is -2.13. The maximum atomic E-state index is 12.5. The highest BCUT2D eigenvalue weighted by Gasteiger charge is 2.31. The molecule has 1 aromatic heterocycles. The van der Waals surface area contributed by atoms with Crippen LogP contribution in [-0.4, -0.2) is 29.8 Å². The molecule has 0 radical (unpaired) electrons. The molecule has 2 aromatic carbocycles. The van der Waals surface area contributed by atoms with Crippen LogP contribution in [0.5, 0.6) is 5.75 Å². The molecule has 174 valence electrons. The molecule has 33 heavy (non-hydrogen) atoms. The maximum Gasteiger partial charge on any atom is 0.573 e. The zero-order valence-electron chi connectivity index (χ0n) is 17.1. The summed E-state index contributed by atoms with van der Waals surface area (Å²) in [6.45, 7) is 1.53. The van der Waals surface area contributed by atoms with E-state index in [0.29, 0.717) is 31.6 Å². The number of benzene rings is 2. The van der Waals surface area contributed by atoms with Gasteiger partial charge in [-0.05, 0) is 48.4 Å². The van der Waals surface area contributed by atoms with Crippen LogP contribution in [0.1, 0.15) is 37.3 Å². The highest BCUT2D eigenvalue weighted by atomic mass is 35.5. The van der Waals surface area contributed by atoms with Gasteiger partial charge in [-0.3, -0.25) is 9.59 Å². The SMILES string of the molecule is Cc1cc(NC(=O)c2ccccc2Cl)sc1C(=O)NCC(O)c1ccc(OC(F)(F)F)cc1. The number of rotatable bonds is 7. The van der Waals surface area contributed by atoms with Crippen LogP contribution in [0.15, 0.2) is 54.6 Å². The Morgan fingerprint density at radius 2 is 1.79 bits per heavy atom. The van der Waals surface area contributed by atoms with Gasteiger partial charge in [0.2, 0.25) is 0 Å². The van der Waals surface area contributed by atoms with Crippen molar-refractivity contribution in [2.45, 2.75) is 19.4 Å². The number of halogens is 4. The van der Waals surface area contributed by atoms with E-state index < -0.39 is 30.0 Å². The minimum absolute atomic E-state index is 0.170. The van der Waals surface area contributed by atoms with Crippen LogP contribution in [0.2, 0.25) is 5.02 Å². The van der Waals surface area contributed by atoms with Crippen LogP contribution in [0.25, 0.3) is 0 Å². The Kier molecular flexibility index (Phi) is 7.62. The molecule has 1 heterocycles. The monoisotopic (exact) mass is 498 g/mol. The van der Waals surface area contributed by atoms with Gasteiger partial charge in [-0.2, -0.15) is 0 Å². The number of aliphatic hydroxyl groups excluding tert-OH is 1. The second-order valence-electron chi connectivity index (χ2n) is 6.90. The van der Waals surface area contributed by atoms with Crippen molar-refractivity contribution in [3.8, 4) is 5.75 Å². The smallest absolute Gasteiger partial charge is 0.406 e. The lowest BCUT2D eigenvalue weighted by Crippen LogP contribution is -2.28. The molecule has 11 heteroatoms. The summed E-state index contributed by atoms with van der Waals surface area (Å²) in [5, 5.41) is 16.3. The van der Waals surface area contributed by atoms with Crippen molar-refractivity contribution < 1.29 is 32.6 Å². The molecule has 0 spiro atoms. The topological polar surface area (TPSA) is 87.7 Å². The second-order valence-corrected chi connectivity index (χ2v) is 8.36. The third kappa shape index (κ3) is 6.70. The van der Waals surface area contributed by atoms with Gasteiger partial charge in [-0.15, -0.1) is 24.5 Å². The van der Waals surface area contributed by atoms with Gasteiger partial charge >= 0.3 is 6.36 Å². The number of hydrogen-bond acceptors (Lipinski definition) is 5. The zero-order valence-corrected chi connectivity index (χ0v) is 18.6. The predicted molar refractivity (Wildman–Crippen MR) is 119 cm³/mol. The van der Waals surface area contributed by atoms with Gasteiger partial charge in [0, 0.05) is 6.54 Å². The number of ether oxygens (including phenoxy) is 1. The van der Waals surface area contributed by atoms with Gasteiger partial charge in [-0.1, -0.05) is 35.9 Å². The number of aryl methyl sites for hydroxylation is 1. The molecule has 0 aliphatic carbocycles. The predicted octanol–water partition coefficient (Wildman–Crippen LogP) is 5.32. The number of nitrogens with one attached hydrogen (secondary N) is 2. The number of aliphatic hydroxyl groups is 1. The largest absolute Gasteiger partial charge is 0.573 e. The van der Waals surface area contributed by atoms with Crippen LogP contribution < -0.4 is 15.4 Å². The molecule has 0 aliphatic heterocycles. The first-order chi connectivity index (χ1) is 15.5. The molecule has 1 unspecified atom stereocenters. The van der Waals surface area contributed by atoms with E-state index in [4.69, 9.17) is 11.6 Å². The molecular weight excluding hydrogens is 481 g/mol. The fourth-order valence-corrected chi connectivity index (χ4v) is 4.08. The van der Waals surface area contributed by atoms with E-state index in [1.165, 1.54) is 12.1 Å². The third-order valence-corrected chi connectivity index (χ3v) is 5.91. The summed E-state index contributed by atoms with van der Waals surface area (Å²) in [5.41, 5.74) is 1.22. The average molecular weight is 499 g/mol. The van der Waals surface area contributed by atoms with Gasteiger partial charge in [0.05, 0.1) is 26.6 Å². The number of alkyl halides is 3. The van der Waals surface area contributed by atoms with E-state index >= 15 is 0 Å². The summed E-state index contributed by atoms with van der Waals surface area (Å²) in [6.07, 6.45) is -5.95. The van der Waals surface area contributed by atoms with E-state index in [0.717, 1.165) is 23.5 Å². The molecule has 0 bridgehead atoms. The highest BCUT2D eigenvalue weighted by Crippen LogP contribution is 2.28. The summed E-state index contributed by atoms with van der Waals surface area (Å²) >= 11 is 7.09. The van der Waals surface area contributed by atoms with Crippen molar-refractivity contribution in [1.82, 2.24) is 5.32 Å². The zero-order chi connectivity index (χ0) is 24.2. The van der Waals surface area contributed by atoms with Gasteiger partial charge < -0.3 is 20.5 Å². The Morgan fingerprint density at radius 1 is 1.12 bits per heavy atom. The Bertz CT molecular complexity index is 1150. The molecule has 3 aromatic rings. The van der Waals surface area contributed by atoms with E-state index in [2.05, 4.69) is 15.4 Å². The number of carbonyl (C=O) groups excluding carboxylic acids is 2. The number of carbonyl (C=O) groups is 2. The normalized spacial score (nSPS) is 12.2. The Hall–Kier alpha value is -3.08. The van der Waals surface area contributed by atoms with Crippen LogP contribution >= 0.6 is 22.9 Å². The van der Waals surface area contributed by atoms with Crippen molar-refractivity contribution >= 4 is 39.8 Å². The van der Waals surface area contributed by atoms with Crippen molar-refractivity contribution in [2.24, 2.45) is 0 Å². The van der Waals surface area contributed by atoms with E-state index in [-0.39, 0.29) is 6.54 Å². The van der Waals surface area contributed by atoms with Crippen LogP contribution in [0.4, 0.5) is 18.2 Å². The van der Waals surface area contributed by atoms with Crippen molar-refractivity contribution in [1.29, 1.82) is 0 Å². The molecule has 6 nitrogen and oxygen atoms in total. The quantitative estimate of drug-likeness (QED) is 0.411. The summed E-state index contributed by atoms with van der Waals surface area (Å²) in [5.74, 6) is -1.29. The number of amides is 2. The standard InChI is InChI=1S/C22H18ClF3N2O4S/c1-12-10-18(28-20(30)15-4-2-3-5-16(15)23)33-19(12)21(31)27-11-17(29)13-6-8-14(9-7-13)32-22(24,25)26/h2-10,17,29H,11H2,1H3,(H,27,31)(H,28,30). The summed E-state index contributed by atoms with van der Waals surface area (Å²) in [4.78, 5) is 25.3. The van der Waals surface area contributed by atoms with Crippen LogP contribution in [-0.2, 0) is 0 Å². The first kappa shape index (κ1) is 24.6. The van der Waals surface area contributed by atoms with Gasteiger partial charge in [0.25, 0.3) is 11.8 Å². The highest BCUT2D eigenvalue weighted by molar-refractivity contribution is 7.18. The van der Waals surface area contributed by atoms with Crippen LogP contribution in [0.3, 0.4) is 0 Å². The summed E-state index contributed by atoms with van der Waals surface area (Å²) in [6, 6.07) is 12.9. The Morgan fingerprint density at radius 3 is 2.42 bits per heavy atom. The molecule has 0 saturated carbocycles. The third-order valence-electron chi connectivity index (χ3n) is 4.43. The average Bonchev–Trinajstić information content (AvgIpc) is 3.11. The number of hydrogen-bond donors (Lipinski definition) is 3. The Balaban J connectivity index is 1.59. The van der Waals surface area contributed by atoms with Gasteiger partial charge in [0.1, 0.15) is 5.75 Å². The van der Waals surface area contributed by atoms with Crippen molar-refractivity contribution in [3.63, 3.8) is 0 Å². The first-order valence-corrected chi connectivity index (χ1v) is 10.7. The fourth-order valence-electron chi connectivity index (χ4n) is 2.87. The maximum absolute atomic E-state index is 12.5. The first-order valence-electron chi connectivity index (χ1n) is 9.52. The van der Waals surface area contributed by atoms with Gasteiger partial charge in [0.15, 0.2) is 0 Å². The fraction of sp³-hybridized carbons (Fsp3) is 0.182. The van der Waals surface area contributed by atoms with E-state index in [9.17, 15) is 27.9 Å². The summed E-state index contributed by atoms with van der Waals surface area (Å²) < 4.78 is 40.5. The molecule has 3 N–H and O–H groups in total. The molecule has 0 fully saturated rings. The van der Waals surface area contributed by atoms with E-state index in [1.54, 1.807) is 37.3 Å². The summed E-state index contributed by atoms with van der Waals surface area (Å²) in [7, 11) is 0. The molecule has 0 aliphatic rings. The van der Waals surface area contributed by atoms with E-state index in [1.807, 2.05) is 0 Å². The second kappa shape index (κ2) is 10.2. The van der Waals surface area contributed by atoms with Crippen molar-refractivity contribution in [3.05, 3.63) is 81.2 Å². The molecule has 0 saturated heterocycles. The number of thiophene rings is 1.